The zero-order valence-electron chi connectivity index (χ0n) is 16.4. The van der Waals surface area contributed by atoms with Crippen LogP contribution < -0.4 is 4.90 Å². The van der Waals surface area contributed by atoms with E-state index in [0.29, 0.717) is 18.8 Å². The van der Waals surface area contributed by atoms with Crippen molar-refractivity contribution >= 4 is 33.8 Å². The van der Waals surface area contributed by atoms with E-state index >= 15 is 0 Å². The Kier molecular flexibility index (Phi) is 5.29. The molecule has 5 rings (SSSR count). The number of nitrogens with one attached hydrogen (secondary N) is 1. The SMILES string of the molecule is O=C(c1c(Cl)nc2sccn12)N1CC[NH+](C(c2ccccc2)c2ccccc2)CC1. The number of piperazine rings is 1. The minimum atomic E-state index is -0.0408. The van der Waals surface area contributed by atoms with Gasteiger partial charge in [0.05, 0.1) is 26.2 Å². The third-order valence-corrected chi connectivity index (χ3v) is 6.81. The maximum Gasteiger partial charge on any atom is 0.274 e. The van der Waals surface area contributed by atoms with Crippen LogP contribution in [0.25, 0.3) is 4.96 Å². The molecule has 30 heavy (non-hydrogen) atoms. The van der Waals surface area contributed by atoms with Crippen LogP contribution in [0.4, 0.5) is 0 Å². The van der Waals surface area contributed by atoms with Crippen molar-refractivity contribution in [3.05, 3.63) is 94.2 Å². The molecule has 7 heteroatoms. The fourth-order valence-electron chi connectivity index (χ4n) is 4.34. The highest BCUT2D eigenvalue weighted by molar-refractivity contribution is 7.15. The lowest BCUT2D eigenvalue weighted by Gasteiger charge is -2.37. The highest BCUT2D eigenvalue weighted by Crippen LogP contribution is 2.23. The number of carbonyl (C=O) groups excluding carboxylic acids is 1. The van der Waals surface area contributed by atoms with Gasteiger partial charge >= 0.3 is 0 Å². The molecule has 1 saturated heterocycles. The standard InChI is InChI=1S/C23H21ClN4OS/c24-21-20(28-15-16-30-23(28)25-21)22(29)27-13-11-26(12-14-27)19(17-7-3-1-4-8-17)18-9-5-2-6-10-18/h1-10,15-16,19H,11-14H2/p+1. The Morgan fingerprint density at radius 3 is 2.20 bits per heavy atom. The van der Waals surface area contributed by atoms with Crippen LogP contribution in [0.5, 0.6) is 0 Å². The zero-order valence-corrected chi connectivity index (χ0v) is 17.9. The van der Waals surface area contributed by atoms with Gasteiger partial charge < -0.3 is 9.80 Å². The number of nitrogens with zero attached hydrogens (tertiary/aromatic N) is 3. The highest BCUT2D eigenvalue weighted by Gasteiger charge is 2.33. The quantitative estimate of drug-likeness (QED) is 0.532. The Bertz CT molecular complexity index is 1110. The maximum absolute atomic E-state index is 13.2. The van der Waals surface area contributed by atoms with Gasteiger partial charge in [-0.2, -0.15) is 0 Å². The first-order valence-corrected chi connectivity index (χ1v) is 11.3. The average Bonchev–Trinajstić information content (AvgIpc) is 3.35. The molecule has 1 fully saturated rings. The maximum atomic E-state index is 13.2. The van der Waals surface area contributed by atoms with Crippen molar-refractivity contribution in [3.63, 3.8) is 0 Å². The molecule has 1 N–H and O–H groups in total. The van der Waals surface area contributed by atoms with Gasteiger partial charge in [-0.05, 0) is 0 Å². The van der Waals surface area contributed by atoms with Crippen LogP contribution in [0.15, 0.2) is 72.2 Å². The summed E-state index contributed by atoms with van der Waals surface area (Å²) < 4.78 is 1.80. The smallest absolute Gasteiger partial charge is 0.274 e. The van der Waals surface area contributed by atoms with E-state index in [1.807, 2.05) is 16.5 Å². The van der Waals surface area contributed by atoms with Crippen molar-refractivity contribution in [2.75, 3.05) is 26.2 Å². The number of amides is 1. The van der Waals surface area contributed by atoms with Crippen LogP contribution in [-0.2, 0) is 0 Å². The molecule has 152 valence electrons. The number of aromatic nitrogens is 2. The minimum Gasteiger partial charge on any atom is -0.326 e. The van der Waals surface area contributed by atoms with E-state index in [4.69, 9.17) is 11.6 Å². The number of fused-ring (bicyclic) bond motifs is 1. The largest absolute Gasteiger partial charge is 0.326 e. The van der Waals surface area contributed by atoms with Crippen LogP contribution >= 0.6 is 22.9 Å². The number of halogens is 1. The molecule has 0 saturated carbocycles. The van der Waals surface area contributed by atoms with Crippen LogP contribution in [0.3, 0.4) is 0 Å². The lowest BCUT2D eigenvalue weighted by atomic mass is 9.96. The fraction of sp³-hybridized carbons (Fsp3) is 0.217. The van der Waals surface area contributed by atoms with E-state index in [1.165, 1.54) is 27.4 Å². The van der Waals surface area contributed by atoms with E-state index in [9.17, 15) is 4.79 Å². The van der Waals surface area contributed by atoms with Gasteiger partial charge in [0.2, 0.25) is 0 Å². The van der Waals surface area contributed by atoms with Gasteiger partial charge in [0.1, 0.15) is 6.04 Å². The molecule has 5 nitrogen and oxygen atoms in total. The van der Waals surface area contributed by atoms with Gasteiger partial charge in [-0.3, -0.25) is 9.20 Å². The van der Waals surface area contributed by atoms with Gasteiger partial charge in [0.15, 0.2) is 15.8 Å². The normalized spacial score (nSPS) is 15.2. The summed E-state index contributed by atoms with van der Waals surface area (Å²) in [5, 5.41) is 2.20. The summed E-state index contributed by atoms with van der Waals surface area (Å²) >= 11 is 7.76. The van der Waals surface area contributed by atoms with E-state index in [-0.39, 0.29) is 17.1 Å². The van der Waals surface area contributed by atoms with Crippen LogP contribution in [0.2, 0.25) is 5.15 Å². The third-order valence-electron chi connectivity index (χ3n) is 5.79. The summed E-state index contributed by atoms with van der Waals surface area (Å²) in [6, 6.07) is 21.5. The van der Waals surface area contributed by atoms with Gasteiger partial charge in [0.25, 0.3) is 5.91 Å². The third kappa shape index (κ3) is 3.51. The minimum absolute atomic E-state index is 0.0408. The molecular formula is C23H22ClN4OS+. The van der Waals surface area contributed by atoms with E-state index in [2.05, 4.69) is 65.6 Å². The van der Waals surface area contributed by atoms with Gasteiger partial charge in [-0.25, -0.2) is 4.98 Å². The number of imidazole rings is 1. The Balaban J connectivity index is 1.37. The van der Waals surface area contributed by atoms with Gasteiger partial charge in [-0.1, -0.05) is 72.3 Å². The molecule has 0 bridgehead atoms. The topological polar surface area (TPSA) is 42.1 Å². The zero-order chi connectivity index (χ0) is 20.5. The molecule has 0 spiro atoms. The molecular weight excluding hydrogens is 416 g/mol. The summed E-state index contributed by atoms with van der Waals surface area (Å²) in [5.74, 6) is -0.0408. The predicted octanol–water partition coefficient (Wildman–Crippen LogP) is 3.18. The molecule has 0 radical (unpaired) electrons. The van der Waals surface area contributed by atoms with Crippen molar-refractivity contribution < 1.29 is 9.69 Å². The van der Waals surface area contributed by atoms with Crippen LogP contribution in [0, 0.1) is 0 Å². The summed E-state index contributed by atoms with van der Waals surface area (Å²) in [6.45, 7) is 3.14. The molecule has 4 aromatic rings. The molecule has 0 aliphatic carbocycles. The Morgan fingerprint density at radius 2 is 1.60 bits per heavy atom. The molecule has 1 aliphatic heterocycles. The second kappa shape index (κ2) is 8.22. The number of thiazole rings is 1. The number of benzene rings is 2. The molecule has 2 aromatic heterocycles. The number of quaternary nitrogens is 1. The highest BCUT2D eigenvalue weighted by atomic mass is 35.5. The Labute approximate surface area is 184 Å². The van der Waals surface area contributed by atoms with Crippen molar-refractivity contribution in [2.24, 2.45) is 0 Å². The predicted molar refractivity (Wildman–Crippen MR) is 119 cm³/mol. The van der Waals surface area contributed by atoms with Gasteiger partial charge in [-0.15, -0.1) is 11.3 Å². The van der Waals surface area contributed by atoms with Crippen molar-refractivity contribution in [1.29, 1.82) is 0 Å². The molecule has 0 unspecified atom stereocenters. The van der Waals surface area contributed by atoms with Crippen molar-refractivity contribution in [3.8, 4) is 0 Å². The number of hydrogen-bond acceptors (Lipinski definition) is 3. The average molecular weight is 438 g/mol. The lowest BCUT2D eigenvalue weighted by molar-refractivity contribution is -0.929. The summed E-state index contributed by atoms with van der Waals surface area (Å²) in [6.07, 6.45) is 1.86. The monoisotopic (exact) mass is 437 g/mol. The summed E-state index contributed by atoms with van der Waals surface area (Å²) in [7, 11) is 0. The van der Waals surface area contributed by atoms with Crippen LogP contribution in [0.1, 0.15) is 27.7 Å². The molecule has 1 aliphatic rings. The molecule has 0 atom stereocenters. The summed E-state index contributed by atoms with van der Waals surface area (Å²) in [5.41, 5.74) is 3.08. The molecule has 3 heterocycles. The lowest BCUT2D eigenvalue weighted by Crippen LogP contribution is -3.15. The Morgan fingerprint density at radius 1 is 1.00 bits per heavy atom. The second-order valence-corrected chi connectivity index (χ2v) is 8.74. The second-order valence-electron chi connectivity index (χ2n) is 7.51. The van der Waals surface area contributed by atoms with E-state index in [0.717, 1.165) is 18.1 Å². The molecule has 1 amide bonds. The number of hydrogen-bond donors (Lipinski definition) is 1. The number of rotatable bonds is 4. The first-order valence-electron chi connectivity index (χ1n) is 10.1. The van der Waals surface area contributed by atoms with E-state index < -0.39 is 0 Å². The van der Waals surface area contributed by atoms with Crippen LogP contribution in [-0.4, -0.2) is 46.4 Å². The van der Waals surface area contributed by atoms with Crippen molar-refractivity contribution in [2.45, 2.75) is 6.04 Å². The summed E-state index contributed by atoms with van der Waals surface area (Å²) in [4.78, 5) is 21.6. The van der Waals surface area contributed by atoms with E-state index in [1.54, 1.807) is 4.40 Å². The first kappa shape index (κ1) is 19.3. The fourth-order valence-corrected chi connectivity index (χ4v) is 5.36. The molecule has 2 aromatic carbocycles. The first-order chi connectivity index (χ1) is 14.7. The number of carbonyl (C=O) groups is 1. The Hall–Kier alpha value is -2.67. The van der Waals surface area contributed by atoms with Gasteiger partial charge in [0, 0.05) is 22.7 Å². The van der Waals surface area contributed by atoms with Crippen molar-refractivity contribution in [1.82, 2.24) is 14.3 Å².